The normalized spacial score (nSPS) is 15.4. The van der Waals surface area contributed by atoms with Gasteiger partial charge in [-0.15, -0.1) is 11.6 Å². The van der Waals surface area contributed by atoms with Crippen molar-refractivity contribution in [1.82, 2.24) is 0 Å². The number of carbonyl (C=O) groups excluding carboxylic acids is 2. The van der Waals surface area contributed by atoms with Gasteiger partial charge in [0.1, 0.15) is 9.47 Å². The number of carbonyl (C=O) groups is 2. The predicted octanol–water partition coefficient (Wildman–Crippen LogP) is 9.98. The van der Waals surface area contributed by atoms with Crippen molar-refractivity contribution in [3.8, 4) is 5.75 Å². The fourth-order valence-electron chi connectivity index (χ4n) is 5.39. The summed E-state index contributed by atoms with van der Waals surface area (Å²) in [5, 5.41) is 3.91. The first-order valence-electron chi connectivity index (χ1n) is 15.3. The minimum atomic E-state index is -0.982. The molecular weight excluding hydrogens is 697 g/mol. The molecule has 5 rings (SSSR count). The monoisotopic (exact) mass is 735 g/mol. The SMILES string of the molecule is CCC(C)(C)c1ccc(OCC(=O)Nc2ccccc2N2C(=O)C(Cl)C(I)=Nc3c2ccc2ccccc32)c(C(C)(C)CC)c1. The maximum absolute atomic E-state index is 13.9. The van der Waals surface area contributed by atoms with Crippen molar-refractivity contribution >= 4 is 83.2 Å². The van der Waals surface area contributed by atoms with Gasteiger partial charge in [0.25, 0.3) is 11.8 Å². The van der Waals surface area contributed by atoms with Gasteiger partial charge >= 0.3 is 0 Å². The number of alkyl halides is 1. The Morgan fingerprint density at radius 1 is 0.933 bits per heavy atom. The second-order valence-corrected chi connectivity index (χ2v) is 14.2. The van der Waals surface area contributed by atoms with Gasteiger partial charge in [-0.1, -0.05) is 96.1 Å². The van der Waals surface area contributed by atoms with Gasteiger partial charge in [-0.05, 0) is 81.5 Å². The zero-order chi connectivity index (χ0) is 32.5. The number of rotatable bonds is 9. The molecule has 4 aromatic rings. The fraction of sp³-hybridized carbons (Fsp3) is 0.324. The van der Waals surface area contributed by atoms with Crippen molar-refractivity contribution in [2.45, 2.75) is 70.6 Å². The van der Waals surface area contributed by atoms with Crippen molar-refractivity contribution in [2.24, 2.45) is 4.99 Å². The Labute approximate surface area is 284 Å². The lowest BCUT2D eigenvalue weighted by molar-refractivity contribution is -0.118. The number of amides is 2. The smallest absolute Gasteiger partial charge is 0.262 e. The topological polar surface area (TPSA) is 71.0 Å². The third-order valence-corrected chi connectivity index (χ3v) is 10.6. The Bertz CT molecular complexity index is 1800. The van der Waals surface area contributed by atoms with Crippen LogP contribution in [0.2, 0.25) is 0 Å². The molecule has 0 spiro atoms. The number of halogens is 2. The number of hydrogen-bond acceptors (Lipinski definition) is 4. The lowest BCUT2D eigenvalue weighted by Crippen LogP contribution is -2.35. The molecule has 1 atom stereocenters. The Morgan fingerprint density at radius 2 is 1.62 bits per heavy atom. The maximum Gasteiger partial charge on any atom is 0.262 e. The minimum Gasteiger partial charge on any atom is -0.483 e. The molecule has 45 heavy (non-hydrogen) atoms. The first-order valence-corrected chi connectivity index (χ1v) is 16.8. The molecule has 1 unspecified atom stereocenters. The summed E-state index contributed by atoms with van der Waals surface area (Å²) in [5.41, 5.74) is 4.43. The van der Waals surface area contributed by atoms with Gasteiger partial charge in [0.05, 0.1) is 22.7 Å². The van der Waals surface area contributed by atoms with Gasteiger partial charge in [-0.25, -0.2) is 4.99 Å². The van der Waals surface area contributed by atoms with Crippen LogP contribution in [0.3, 0.4) is 0 Å². The van der Waals surface area contributed by atoms with E-state index < -0.39 is 5.38 Å². The molecule has 0 fully saturated rings. The number of benzene rings is 4. The van der Waals surface area contributed by atoms with Crippen LogP contribution < -0.4 is 15.0 Å². The largest absolute Gasteiger partial charge is 0.483 e. The van der Waals surface area contributed by atoms with Crippen molar-refractivity contribution < 1.29 is 14.3 Å². The minimum absolute atomic E-state index is 0.0268. The highest BCUT2D eigenvalue weighted by molar-refractivity contribution is 14.1. The third-order valence-electron chi connectivity index (χ3n) is 9.02. The summed E-state index contributed by atoms with van der Waals surface area (Å²) in [7, 11) is 0. The quantitative estimate of drug-likeness (QED) is 0.137. The van der Waals surface area contributed by atoms with Crippen LogP contribution in [0.4, 0.5) is 22.7 Å². The summed E-state index contributed by atoms with van der Waals surface area (Å²) in [5.74, 6) is 0.00871. The number of ether oxygens (including phenoxy) is 1. The van der Waals surface area contributed by atoms with Crippen LogP contribution in [0, 0.1) is 0 Å². The molecule has 0 aliphatic carbocycles. The van der Waals surface area contributed by atoms with Crippen molar-refractivity contribution in [2.75, 3.05) is 16.8 Å². The van der Waals surface area contributed by atoms with Gasteiger partial charge in [0.2, 0.25) is 0 Å². The van der Waals surface area contributed by atoms with Crippen LogP contribution in [0.5, 0.6) is 5.75 Å². The van der Waals surface area contributed by atoms with E-state index in [1.54, 1.807) is 17.0 Å². The molecule has 1 aliphatic heterocycles. The van der Waals surface area contributed by atoms with Gasteiger partial charge in [-0.2, -0.15) is 0 Å². The molecule has 1 heterocycles. The standard InChI is InChI=1S/C37H39ClIN3O3/c1-7-36(3,4)24-18-20-30(26(21-24)37(5,6)8-2)45-22-31(43)40-27-15-11-12-16-28(27)42-29-19-17-23-13-9-10-14-25(23)33(29)41-34(39)32(38)35(42)44/h9-21,32H,7-8,22H2,1-6H3,(H,40,43). The third kappa shape index (κ3) is 6.61. The van der Waals surface area contributed by atoms with E-state index >= 15 is 0 Å². The van der Waals surface area contributed by atoms with Crippen molar-refractivity contribution in [1.29, 1.82) is 0 Å². The second-order valence-electron chi connectivity index (χ2n) is 12.7. The highest BCUT2D eigenvalue weighted by Crippen LogP contribution is 2.45. The van der Waals surface area contributed by atoms with E-state index in [2.05, 4.69) is 59.0 Å². The number of aliphatic imine (C=N–C) groups is 1. The highest BCUT2D eigenvalue weighted by atomic mass is 127. The van der Waals surface area contributed by atoms with Crippen LogP contribution in [-0.2, 0) is 20.4 Å². The number of para-hydroxylation sites is 2. The average Bonchev–Trinajstić information content (AvgIpc) is 3.13. The second kappa shape index (κ2) is 13.1. The Morgan fingerprint density at radius 3 is 2.36 bits per heavy atom. The summed E-state index contributed by atoms with van der Waals surface area (Å²) in [6, 6.07) is 25.3. The molecule has 0 radical (unpaired) electrons. The van der Waals surface area contributed by atoms with Gasteiger partial charge in [0, 0.05) is 10.9 Å². The predicted molar refractivity (Wildman–Crippen MR) is 195 cm³/mol. The van der Waals surface area contributed by atoms with Crippen molar-refractivity contribution in [3.05, 3.63) is 90.0 Å². The van der Waals surface area contributed by atoms with Crippen molar-refractivity contribution in [3.63, 3.8) is 0 Å². The molecule has 1 N–H and O–H groups in total. The van der Waals surface area contributed by atoms with E-state index in [1.165, 1.54) is 5.56 Å². The number of nitrogens with one attached hydrogen (secondary N) is 1. The first kappa shape index (κ1) is 32.9. The van der Waals surface area contributed by atoms with Crippen LogP contribution in [-0.4, -0.2) is 27.5 Å². The van der Waals surface area contributed by atoms with E-state index in [0.717, 1.165) is 29.2 Å². The molecule has 0 bridgehead atoms. The van der Waals surface area contributed by atoms with Crippen LogP contribution in [0.25, 0.3) is 10.8 Å². The van der Waals surface area contributed by atoms with Crippen LogP contribution >= 0.6 is 34.2 Å². The summed E-state index contributed by atoms with van der Waals surface area (Å²) in [6.07, 6.45) is 1.93. The summed E-state index contributed by atoms with van der Waals surface area (Å²) >= 11 is 8.69. The molecule has 4 aromatic carbocycles. The highest BCUT2D eigenvalue weighted by Gasteiger charge is 2.34. The molecule has 0 saturated heterocycles. The molecule has 0 saturated carbocycles. The van der Waals surface area contributed by atoms with E-state index in [1.807, 2.05) is 77.2 Å². The zero-order valence-corrected chi connectivity index (χ0v) is 29.5. The summed E-state index contributed by atoms with van der Waals surface area (Å²) in [4.78, 5) is 33.6. The van der Waals surface area contributed by atoms with E-state index in [-0.39, 0.29) is 29.3 Å². The van der Waals surface area contributed by atoms with Gasteiger partial charge in [0.15, 0.2) is 12.0 Å². The molecule has 2 amide bonds. The molecule has 6 nitrogen and oxygen atoms in total. The van der Waals surface area contributed by atoms with Gasteiger partial charge in [-0.3, -0.25) is 14.5 Å². The van der Waals surface area contributed by atoms with Crippen LogP contribution in [0.15, 0.2) is 83.9 Å². The van der Waals surface area contributed by atoms with Crippen LogP contribution in [0.1, 0.15) is 65.5 Å². The fourth-order valence-corrected chi connectivity index (χ4v) is 6.05. The Hall–Kier alpha value is -3.43. The maximum atomic E-state index is 13.9. The van der Waals surface area contributed by atoms with E-state index in [0.29, 0.717) is 32.2 Å². The molecule has 234 valence electrons. The average molecular weight is 736 g/mol. The molecule has 1 aliphatic rings. The molecular formula is C37H39ClIN3O3. The first-order chi connectivity index (χ1) is 21.4. The number of anilines is 3. The number of hydrogen-bond donors (Lipinski definition) is 1. The Kier molecular flexibility index (Phi) is 9.61. The zero-order valence-electron chi connectivity index (χ0n) is 26.6. The van der Waals surface area contributed by atoms with Gasteiger partial charge < -0.3 is 10.1 Å². The lowest BCUT2D eigenvalue weighted by Gasteiger charge is -2.30. The Balaban J connectivity index is 1.46. The summed E-state index contributed by atoms with van der Waals surface area (Å²) < 4.78 is 6.67. The molecule has 8 heteroatoms. The number of nitrogens with zero attached hydrogens (tertiary/aromatic N) is 2. The van der Waals surface area contributed by atoms with E-state index in [4.69, 9.17) is 21.3 Å². The lowest BCUT2D eigenvalue weighted by atomic mass is 9.76. The van der Waals surface area contributed by atoms with E-state index in [9.17, 15) is 9.59 Å². The summed E-state index contributed by atoms with van der Waals surface area (Å²) in [6.45, 7) is 13.0. The number of fused-ring (bicyclic) bond motifs is 3. The molecule has 0 aromatic heterocycles.